The Hall–Kier alpha value is -3.46. The van der Waals surface area contributed by atoms with Crippen molar-refractivity contribution in [2.45, 2.75) is 25.9 Å². The summed E-state index contributed by atoms with van der Waals surface area (Å²) >= 11 is 0. The molecule has 2 aromatic carbocycles. The Morgan fingerprint density at radius 2 is 1.97 bits per heavy atom. The zero-order valence-corrected chi connectivity index (χ0v) is 17.3. The summed E-state index contributed by atoms with van der Waals surface area (Å²) in [5.74, 6) is 4.04. The van der Waals surface area contributed by atoms with Gasteiger partial charge in [0.1, 0.15) is 18.4 Å². The summed E-state index contributed by atoms with van der Waals surface area (Å²) in [6.45, 7) is 4.46. The molecule has 1 aliphatic heterocycles. The van der Waals surface area contributed by atoms with Gasteiger partial charge in [0.2, 0.25) is 5.91 Å². The molecule has 0 unspecified atom stereocenters. The summed E-state index contributed by atoms with van der Waals surface area (Å²) in [5, 5.41) is 6.13. The number of aliphatic imine (C=N–C) groups is 1. The largest absolute Gasteiger partial charge is 0.490 e. The molecule has 0 spiro atoms. The van der Waals surface area contributed by atoms with Gasteiger partial charge in [0, 0.05) is 43.7 Å². The maximum Gasteiger partial charge on any atom is 0.246 e. The van der Waals surface area contributed by atoms with Crippen LogP contribution in [-0.4, -0.2) is 49.0 Å². The van der Waals surface area contributed by atoms with E-state index >= 15 is 0 Å². The van der Waals surface area contributed by atoms with Crippen molar-refractivity contribution in [1.29, 1.82) is 0 Å². The summed E-state index contributed by atoms with van der Waals surface area (Å²) in [5.41, 5.74) is 1.40. The molecule has 2 aromatic rings. The number of ether oxygens (including phenoxy) is 1. The number of likely N-dealkylation sites (tertiary alicyclic amines) is 1. The van der Waals surface area contributed by atoms with Crippen LogP contribution in [0.2, 0.25) is 0 Å². The molecule has 0 radical (unpaired) electrons. The predicted octanol–water partition coefficient (Wildman–Crippen LogP) is 3.12. The molecule has 6 nitrogen and oxygen atoms in total. The van der Waals surface area contributed by atoms with Gasteiger partial charge in [0.25, 0.3) is 0 Å². The topological polar surface area (TPSA) is 66.0 Å². The van der Waals surface area contributed by atoms with Crippen molar-refractivity contribution in [1.82, 2.24) is 10.2 Å². The molecule has 1 fully saturated rings. The number of hydrogen-bond donors (Lipinski definition) is 2. The zero-order valence-electron chi connectivity index (χ0n) is 17.3. The minimum atomic E-state index is -0.179. The van der Waals surface area contributed by atoms with Crippen LogP contribution in [0.3, 0.4) is 0 Å². The Morgan fingerprint density at radius 3 is 2.67 bits per heavy atom. The summed E-state index contributed by atoms with van der Waals surface area (Å²) in [6, 6.07) is 17.1. The minimum absolute atomic E-state index is 0.0447. The number of nitrogens with zero attached hydrogens (tertiary/aromatic N) is 2. The second-order valence-electron chi connectivity index (χ2n) is 7.06. The van der Waals surface area contributed by atoms with Gasteiger partial charge >= 0.3 is 0 Å². The lowest BCUT2D eigenvalue weighted by Crippen LogP contribution is -2.47. The zero-order chi connectivity index (χ0) is 21.2. The molecule has 0 atom stereocenters. The van der Waals surface area contributed by atoms with Gasteiger partial charge in [-0.25, -0.2) is 4.99 Å². The number of amides is 1. The monoisotopic (exact) mass is 404 g/mol. The smallest absolute Gasteiger partial charge is 0.246 e. The van der Waals surface area contributed by atoms with Crippen LogP contribution in [-0.2, 0) is 4.79 Å². The molecule has 2 N–H and O–H groups in total. The highest BCUT2D eigenvalue weighted by Crippen LogP contribution is 2.18. The fraction of sp³-hybridized carbons (Fsp3) is 0.333. The number of piperidine rings is 1. The molecule has 3 rings (SSSR count). The van der Waals surface area contributed by atoms with E-state index in [9.17, 15) is 4.79 Å². The van der Waals surface area contributed by atoms with E-state index in [1.807, 2.05) is 55.5 Å². The van der Waals surface area contributed by atoms with Crippen LogP contribution < -0.4 is 15.4 Å². The van der Waals surface area contributed by atoms with Gasteiger partial charge in [-0.2, -0.15) is 0 Å². The molecular formula is C24H28N4O2. The lowest BCUT2D eigenvalue weighted by atomic mass is 10.1. The second kappa shape index (κ2) is 10.9. The summed E-state index contributed by atoms with van der Waals surface area (Å²) in [6.07, 6.45) is 7.42. The van der Waals surface area contributed by atoms with Crippen LogP contribution in [0.15, 0.2) is 59.6 Å². The molecule has 156 valence electrons. The number of carbonyl (C=O) groups is 1. The number of guanidine groups is 1. The summed E-state index contributed by atoms with van der Waals surface area (Å²) in [4.78, 5) is 19.0. The number of terminal acetylenes is 1. The first kappa shape index (κ1) is 21.3. The third kappa shape index (κ3) is 6.28. The Morgan fingerprint density at radius 1 is 1.20 bits per heavy atom. The van der Waals surface area contributed by atoms with E-state index in [2.05, 4.69) is 26.4 Å². The first-order valence-electron chi connectivity index (χ1n) is 10.3. The highest BCUT2D eigenvalue weighted by Gasteiger charge is 2.22. The Bertz CT molecular complexity index is 897. The van der Waals surface area contributed by atoms with Crippen molar-refractivity contribution < 1.29 is 9.53 Å². The first-order valence-corrected chi connectivity index (χ1v) is 10.3. The average Bonchev–Trinajstić information content (AvgIpc) is 2.78. The van der Waals surface area contributed by atoms with E-state index < -0.39 is 0 Å². The molecule has 6 heteroatoms. The Labute approximate surface area is 178 Å². The molecular weight excluding hydrogens is 376 g/mol. The Kier molecular flexibility index (Phi) is 7.73. The number of rotatable bonds is 6. The number of carbonyl (C=O) groups excluding carboxylic acids is 1. The summed E-state index contributed by atoms with van der Waals surface area (Å²) in [7, 11) is 0. The average molecular weight is 405 g/mol. The van der Waals surface area contributed by atoms with Gasteiger partial charge in [-0.05, 0) is 37.3 Å². The standard InChI is InChI=1S/C24H28N4O2/c1-3-19-9-8-10-20(17-19)27-23(29)18-26-24(25-4-2)28-15-13-22(14-16-28)30-21-11-6-5-7-12-21/h1,5-12,17,22H,4,13-16,18H2,2H3,(H,25,26)(H,27,29). The van der Waals surface area contributed by atoms with Crippen molar-refractivity contribution in [2.24, 2.45) is 4.99 Å². The van der Waals surface area contributed by atoms with Crippen LogP contribution in [0.1, 0.15) is 25.3 Å². The quantitative estimate of drug-likeness (QED) is 0.441. The fourth-order valence-electron chi connectivity index (χ4n) is 3.34. The molecule has 1 aliphatic rings. The minimum Gasteiger partial charge on any atom is -0.490 e. The number of para-hydroxylation sites is 1. The Balaban J connectivity index is 1.52. The van der Waals surface area contributed by atoms with Gasteiger partial charge in [0.15, 0.2) is 5.96 Å². The van der Waals surface area contributed by atoms with Crippen LogP contribution >= 0.6 is 0 Å². The number of benzene rings is 2. The molecule has 0 bridgehead atoms. The molecule has 1 amide bonds. The lowest BCUT2D eigenvalue weighted by molar-refractivity contribution is -0.114. The van der Waals surface area contributed by atoms with Crippen molar-refractivity contribution in [3.05, 3.63) is 60.2 Å². The highest BCUT2D eigenvalue weighted by atomic mass is 16.5. The van der Waals surface area contributed by atoms with E-state index in [0.29, 0.717) is 5.69 Å². The molecule has 0 saturated carbocycles. The summed E-state index contributed by atoms with van der Waals surface area (Å²) < 4.78 is 6.06. The maximum absolute atomic E-state index is 12.3. The van der Waals surface area contributed by atoms with Crippen molar-refractivity contribution >= 4 is 17.6 Å². The first-order chi connectivity index (χ1) is 14.7. The molecule has 1 heterocycles. The predicted molar refractivity (Wildman–Crippen MR) is 121 cm³/mol. The SMILES string of the molecule is C#Cc1cccc(NC(=O)CN=C(NCC)N2CCC(Oc3ccccc3)CC2)c1. The van der Waals surface area contributed by atoms with E-state index in [4.69, 9.17) is 11.2 Å². The third-order valence-corrected chi connectivity index (χ3v) is 4.81. The van der Waals surface area contributed by atoms with E-state index in [1.165, 1.54) is 0 Å². The van der Waals surface area contributed by atoms with Crippen LogP contribution in [0, 0.1) is 12.3 Å². The van der Waals surface area contributed by atoms with Gasteiger partial charge < -0.3 is 20.3 Å². The maximum atomic E-state index is 12.3. The lowest BCUT2D eigenvalue weighted by Gasteiger charge is -2.34. The number of nitrogens with one attached hydrogen (secondary N) is 2. The molecule has 0 aliphatic carbocycles. The fourth-order valence-corrected chi connectivity index (χ4v) is 3.34. The van der Waals surface area contributed by atoms with Crippen molar-refractivity contribution in [2.75, 3.05) is 31.5 Å². The van der Waals surface area contributed by atoms with E-state index in [-0.39, 0.29) is 18.6 Å². The van der Waals surface area contributed by atoms with Crippen LogP contribution in [0.4, 0.5) is 5.69 Å². The van der Waals surface area contributed by atoms with E-state index in [1.54, 1.807) is 6.07 Å². The highest BCUT2D eigenvalue weighted by molar-refractivity contribution is 5.94. The van der Waals surface area contributed by atoms with Crippen molar-refractivity contribution in [3.8, 4) is 18.1 Å². The van der Waals surface area contributed by atoms with E-state index in [0.717, 1.165) is 49.7 Å². The normalized spacial score (nSPS) is 14.7. The number of anilines is 1. The van der Waals surface area contributed by atoms with Gasteiger partial charge in [-0.3, -0.25) is 4.79 Å². The molecule has 30 heavy (non-hydrogen) atoms. The third-order valence-electron chi connectivity index (χ3n) is 4.81. The second-order valence-corrected chi connectivity index (χ2v) is 7.06. The van der Waals surface area contributed by atoms with Gasteiger partial charge in [-0.1, -0.05) is 30.2 Å². The van der Waals surface area contributed by atoms with Gasteiger partial charge in [-0.15, -0.1) is 6.42 Å². The molecule has 1 saturated heterocycles. The molecule has 0 aromatic heterocycles. The number of hydrogen-bond acceptors (Lipinski definition) is 3. The van der Waals surface area contributed by atoms with Crippen LogP contribution in [0.25, 0.3) is 0 Å². The van der Waals surface area contributed by atoms with Crippen molar-refractivity contribution in [3.63, 3.8) is 0 Å². The van der Waals surface area contributed by atoms with Gasteiger partial charge in [0.05, 0.1) is 0 Å². The van der Waals surface area contributed by atoms with Crippen LogP contribution in [0.5, 0.6) is 5.75 Å².